The number of hydrogen-bond donors (Lipinski definition) is 6. The molecule has 5 unspecified atom stereocenters. The smallest absolute Gasteiger partial charge is 0.0989 e. The van der Waals surface area contributed by atoms with Crippen molar-refractivity contribution in [3.05, 3.63) is 0 Å². The highest BCUT2D eigenvalue weighted by Crippen LogP contribution is 2.20. The molecule has 6 N–H and O–H groups in total. The van der Waals surface area contributed by atoms with Crippen LogP contribution in [0.5, 0.6) is 0 Å². The van der Waals surface area contributed by atoms with E-state index in [9.17, 15) is 15.3 Å². The lowest BCUT2D eigenvalue weighted by molar-refractivity contribution is 0.0186. The van der Waals surface area contributed by atoms with Crippen molar-refractivity contribution in [1.29, 1.82) is 0 Å². The van der Waals surface area contributed by atoms with Crippen LogP contribution >= 0.6 is 0 Å². The average Bonchev–Trinajstić information content (AvgIpc) is 2.86. The van der Waals surface area contributed by atoms with Gasteiger partial charge in [-0.05, 0) is 25.7 Å². The first-order valence-corrected chi connectivity index (χ1v) is 9.62. The molecule has 24 heavy (non-hydrogen) atoms. The standard InChI is InChI=1S/C18H37NO5/c20-12-8-10-14(22)9-6-4-2-1-3-5-7-11-15-17(23)18(24)16(13-21)19-15/h14-24H,1-13H2. The van der Waals surface area contributed by atoms with Crippen molar-refractivity contribution in [1.82, 2.24) is 5.32 Å². The van der Waals surface area contributed by atoms with Crippen LogP contribution in [0.3, 0.4) is 0 Å². The van der Waals surface area contributed by atoms with E-state index in [4.69, 9.17) is 10.2 Å². The highest BCUT2D eigenvalue weighted by molar-refractivity contribution is 4.97. The van der Waals surface area contributed by atoms with Crippen LogP contribution in [0.1, 0.15) is 70.6 Å². The molecule has 144 valence electrons. The lowest BCUT2D eigenvalue weighted by Crippen LogP contribution is -2.36. The number of aliphatic hydroxyl groups is 5. The van der Waals surface area contributed by atoms with Crippen molar-refractivity contribution in [2.75, 3.05) is 13.2 Å². The fourth-order valence-electron chi connectivity index (χ4n) is 3.46. The molecule has 0 spiro atoms. The number of nitrogens with one attached hydrogen (secondary N) is 1. The van der Waals surface area contributed by atoms with Gasteiger partial charge < -0.3 is 30.8 Å². The molecule has 1 rings (SSSR count). The summed E-state index contributed by atoms with van der Waals surface area (Å²) >= 11 is 0. The maximum Gasteiger partial charge on any atom is 0.0989 e. The normalized spacial score (nSPS) is 28.4. The number of rotatable bonds is 14. The Morgan fingerprint density at radius 2 is 1.25 bits per heavy atom. The second-order valence-electron chi connectivity index (χ2n) is 7.12. The second kappa shape index (κ2) is 13.0. The quantitative estimate of drug-likeness (QED) is 0.258. The first-order chi connectivity index (χ1) is 11.6. The molecule has 0 aromatic heterocycles. The summed E-state index contributed by atoms with van der Waals surface area (Å²) in [4.78, 5) is 0. The molecule has 1 fully saturated rings. The van der Waals surface area contributed by atoms with Crippen molar-refractivity contribution in [3.8, 4) is 0 Å². The molecule has 1 aliphatic heterocycles. The van der Waals surface area contributed by atoms with Gasteiger partial charge >= 0.3 is 0 Å². The molecule has 1 aliphatic rings. The molecule has 1 heterocycles. The summed E-state index contributed by atoms with van der Waals surface area (Å²) in [6, 6.07) is -0.518. The molecule has 0 aromatic carbocycles. The molecule has 0 saturated carbocycles. The molecule has 0 bridgehead atoms. The molecule has 6 heteroatoms. The predicted molar refractivity (Wildman–Crippen MR) is 93.7 cm³/mol. The van der Waals surface area contributed by atoms with E-state index in [-0.39, 0.29) is 25.4 Å². The highest BCUT2D eigenvalue weighted by atomic mass is 16.3. The maximum atomic E-state index is 9.90. The van der Waals surface area contributed by atoms with Crippen LogP contribution in [-0.4, -0.2) is 69.1 Å². The Hall–Kier alpha value is -0.240. The van der Waals surface area contributed by atoms with Gasteiger partial charge in [0.25, 0.3) is 0 Å². The largest absolute Gasteiger partial charge is 0.396 e. The highest BCUT2D eigenvalue weighted by Gasteiger charge is 2.39. The minimum Gasteiger partial charge on any atom is -0.396 e. The molecular formula is C18H37NO5. The summed E-state index contributed by atoms with van der Waals surface area (Å²) < 4.78 is 0. The van der Waals surface area contributed by atoms with Gasteiger partial charge in [0.2, 0.25) is 0 Å². The van der Waals surface area contributed by atoms with E-state index in [2.05, 4.69) is 5.32 Å². The Kier molecular flexibility index (Phi) is 11.8. The van der Waals surface area contributed by atoms with Crippen molar-refractivity contribution >= 4 is 0 Å². The third-order valence-corrected chi connectivity index (χ3v) is 5.05. The number of unbranched alkanes of at least 4 members (excludes halogenated alkanes) is 6. The summed E-state index contributed by atoms with van der Waals surface area (Å²) in [6.45, 7) is 0.00745. The Morgan fingerprint density at radius 1 is 0.708 bits per heavy atom. The van der Waals surface area contributed by atoms with Crippen molar-refractivity contribution in [3.63, 3.8) is 0 Å². The van der Waals surface area contributed by atoms with Gasteiger partial charge in [-0.2, -0.15) is 0 Å². The summed E-state index contributed by atoms with van der Waals surface area (Å²) in [5, 5.41) is 50.2. The summed E-state index contributed by atoms with van der Waals surface area (Å²) in [5.41, 5.74) is 0. The molecule has 0 aliphatic carbocycles. The van der Waals surface area contributed by atoms with E-state index < -0.39 is 18.2 Å². The van der Waals surface area contributed by atoms with Crippen LogP contribution in [0.4, 0.5) is 0 Å². The lowest BCUT2D eigenvalue weighted by atomic mass is 10.0. The summed E-state index contributed by atoms with van der Waals surface area (Å²) in [5.74, 6) is 0. The number of hydrogen-bond acceptors (Lipinski definition) is 6. The molecular weight excluding hydrogens is 310 g/mol. The van der Waals surface area contributed by atoms with Crippen LogP contribution < -0.4 is 5.32 Å². The van der Waals surface area contributed by atoms with Gasteiger partial charge in [-0.25, -0.2) is 0 Å². The van der Waals surface area contributed by atoms with Crippen molar-refractivity contribution in [2.45, 2.75) is 101 Å². The van der Waals surface area contributed by atoms with E-state index in [0.29, 0.717) is 12.8 Å². The first kappa shape index (κ1) is 21.8. The Bertz CT molecular complexity index is 305. The molecule has 6 nitrogen and oxygen atoms in total. The predicted octanol–water partition coefficient (Wildman–Crippen LogP) is 0.685. The average molecular weight is 347 g/mol. The minimum absolute atomic E-state index is 0.113. The second-order valence-corrected chi connectivity index (χ2v) is 7.12. The van der Waals surface area contributed by atoms with Gasteiger partial charge in [-0.1, -0.05) is 44.9 Å². The van der Waals surface area contributed by atoms with E-state index in [0.717, 1.165) is 38.5 Å². The van der Waals surface area contributed by atoms with Gasteiger partial charge in [-0.3, -0.25) is 0 Å². The van der Waals surface area contributed by atoms with Gasteiger partial charge in [0.05, 0.1) is 31.0 Å². The summed E-state index contributed by atoms with van der Waals surface area (Å²) in [6.07, 6.45) is 8.99. The molecule has 0 radical (unpaired) electrons. The minimum atomic E-state index is -0.868. The Labute approximate surface area is 145 Å². The van der Waals surface area contributed by atoms with Crippen LogP contribution in [0.25, 0.3) is 0 Å². The monoisotopic (exact) mass is 347 g/mol. The van der Waals surface area contributed by atoms with E-state index in [1.807, 2.05) is 0 Å². The third kappa shape index (κ3) is 8.23. The zero-order chi connectivity index (χ0) is 17.8. The van der Waals surface area contributed by atoms with Gasteiger partial charge in [0.1, 0.15) is 0 Å². The van der Waals surface area contributed by atoms with Crippen LogP contribution in [-0.2, 0) is 0 Å². The van der Waals surface area contributed by atoms with E-state index in [1.54, 1.807) is 0 Å². The Morgan fingerprint density at radius 3 is 1.83 bits per heavy atom. The van der Waals surface area contributed by atoms with Crippen LogP contribution in [0, 0.1) is 0 Å². The molecule has 0 aromatic rings. The van der Waals surface area contributed by atoms with Crippen LogP contribution in [0.2, 0.25) is 0 Å². The zero-order valence-electron chi connectivity index (χ0n) is 14.8. The Balaban J connectivity index is 1.91. The molecule has 5 atom stereocenters. The van der Waals surface area contributed by atoms with Gasteiger partial charge in [-0.15, -0.1) is 0 Å². The molecule has 1 saturated heterocycles. The summed E-state index contributed by atoms with van der Waals surface area (Å²) in [7, 11) is 0. The van der Waals surface area contributed by atoms with Crippen LogP contribution in [0.15, 0.2) is 0 Å². The SMILES string of the molecule is OCCCC(O)CCCCCCCCCC1NC(CO)C(O)C1O. The lowest BCUT2D eigenvalue weighted by Gasteiger charge is -2.15. The molecule has 0 amide bonds. The van der Waals surface area contributed by atoms with E-state index >= 15 is 0 Å². The zero-order valence-corrected chi connectivity index (χ0v) is 14.8. The topological polar surface area (TPSA) is 113 Å². The number of aliphatic hydroxyl groups excluding tert-OH is 5. The fraction of sp³-hybridized carbons (Fsp3) is 1.00. The maximum absolute atomic E-state index is 9.90. The van der Waals surface area contributed by atoms with Gasteiger partial charge in [0, 0.05) is 12.6 Å². The van der Waals surface area contributed by atoms with Crippen molar-refractivity contribution in [2.24, 2.45) is 0 Å². The fourth-order valence-corrected chi connectivity index (χ4v) is 3.46. The first-order valence-electron chi connectivity index (χ1n) is 9.62. The van der Waals surface area contributed by atoms with Crippen molar-refractivity contribution < 1.29 is 25.5 Å². The van der Waals surface area contributed by atoms with E-state index in [1.165, 1.54) is 19.3 Å². The third-order valence-electron chi connectivity index (χ3n) is 5.05. The van der Waals surface area contributed by atoms with Gasteiger partial charge in [0.15, 0.2) is 0 Å².